The zero-order valence-electron chi connectivity index (χ0n) is 11.2. The van der Waals surface area contributed by atoms with Crippen molar-refractivity contribution >= 4 is 0 Å². The lowest BCUT2D eigenvalue weighted by Gasteiger charge is -2.18. The quantitative estimate of drug-likeness (QED) is 0.717. The Morgan fingerprint density at radius 1 is 1.00 bits per heavy atom. The van der Waals surface area contributed by atoms with Gasteiger partial charge in [0.05, 0.1) is 12.7 Å². The minimum absolute atomic E-state index is 0.0332. The minimum Gasteiger partial charge on any atom is -0.369 e. The molecule has 0 aromatic heterocycles. The van der Waals surface area contributed by atoms with E-state index >= 15 is 0 Å². The molecule has 2 aromatic rings. The first kappa shape index (κ1) is 13.8. The zero-order valence-corrected chi connectivity index (χ0v) is 11.2. The maximum atomic E-state index is 13.5. The molecule has 1 unspecified atom stereocenters. The van der Waals surface area contributed by atoms with Gasteiger partial charge >= 0.3 is 0 Å². The van der Waals surface area contributed by atoms with Crippen molar-refractivity contribution in [3.63, 3.8) is 0 Å². The molecule has 100 valence electrons. The monoisotopic (exact) mass is 258 g/mol. The van der Waals surface area contributed by atoms with Crippen LogP contribution in [0.5, 0.6) is 0 Å². The van der Waals surface area contributed by atoms with Crippen LogP contribution in [0.1, 0.15) is 37.0 Å². The van der Waals surface area contributed by atoms with Crippen molar-refractivity contribution < 1.29 is 9.13 Å². The average Bonchev–Trinajstić information content (AvgIpc) is 2.46. The molecule has 0 spiro atoms. The molecular weight excluding hydrogens is 239 g/mol. The number of hydrogen-bond donors (Lipinski definition) is 0. The van der Waals surface area contributed by atoms with Crippen molar-refractivity contribution in [2.75, 3.05) is 0 Å². The van der Waals surface area contributed by atoms with Gasteiger partial charge in [0.15, 0.2) is 0 Å². The highest BCUT2D eigenvalue weighted by Crippen LogP contribution is 2.24. The van der Waals surface area contributed by atoms with Crippen LogP contribution < -0.4 is 0 Å². The van der Waals surface area contributed by atoms with Crippen LogP contribution >= 0.6 is 0 Å². The summed E-state index contributed by atoms with van der Waals surface area (Å²) in [6, 6.07) is 16.9. The molecule has 0 heterocycles. The van der Waals surface area contributed by atoms with Gasteiger partial charge in [0.2, 0.25) is 0 Å². The maximum absolute atomic E-state index is 13.5. The van der Waals surface area contributed by atoms with Crippen molar-refractivity contribution in [2.45, 2.75) is 32.5 Å². The van der Waals surface area contributed by atoms with Crippen LogP contribution in [0.2, 0.25) is 0 Å². The Morgan fingerprint density at radius 3 is 2.37 bits per heavy atom. The molecule has 0 aliphatic rings. The second-order valence-electron chi connectivity index (χ2n) is 4.59. The summed E-state index contributed by atoms with van der Waals surface area (Å²) < 4.78 is 19.4. The molecule has 0 radical (unpaired) electrons. The van der Waals surface area contributed by atoms with Gasteiger partial charge in [-0.15, -0.1) is 0 Å². The molecule has 1 nitrogen and oxygen atoms in total. The largest absolute Gasteiger partial charge is 0.369 e. The van der Waals surface area contributed by atoms with E-state index in [9.17, 15) is 4.39 Å². The van der Waals surface area contributed by atoms with Crippen LogP contribution in [-0.2, 0) is 11.3 Å². The van der Waals surface area contributed by atoms with E-state index in [-0.39, 0.29) is 11.9 Å². The fraction of sp³-hybridized carbons (Fsp3) is 0.294. The Kier molecular flexibility index (Phi) is 5.10. The predicted molar refractivity (Wildman–Crippen MR) is 75.3 cm³/mol. The van der Waals surface area contributed by atoms with Gasteiger partial charge in [0, 0.05) is 5.56 Å². The number of hydrogen-bond acceptors (Lipinski definition) is 1. The Bertz CT molecular complexity index is 496. The Balaban J connectivity index is 2.04. The molecular formula is C17H19FO. The van der Waals surface area contributed by atoms with Crippen LogP contribution in [-0.4, -0.2) is 0 Å². The van der Waals surface area contributed by atoms with Crippen molar-refractivity contribution in [3.05, 3.63) is 71.5 Å². The summed E-state index contributed by atoms with van der Waals surface area (Å²) in [6.45, 7) is 2.44. The highest BCUT2D eigenvalue weighted by atomic mass is 19.1. The maximum Gasteiger partial charge on any atom is 0.128 e. The zero-order chi connectivity index (χ0) is 13.5. The smallest absolute Gasteiger partial charge is 0.128 e. The van der Waals surface area contributed by atoms with Crippen molar-refractivity contribution in [1.29, 1.82) is 0 Å². The van der Waals surface area contributed by atoms with Gasteiger partial charge in [0.25, 0.3) is 0 Å². The van der Waals surface area contributed by atoms with E-state index in [1.165, 1.54) is 6.07 Å². The van der Waals surface area contributed by atoms with Crippen LogP contribution in [0, 0.1) is 5.82 Å². The molecule has 0 fully saturated rings. The van der Waals surface area contributed by atoms with Gasteiger partial charge in [-0.1, -0.05) is 61.9 Å². The fourth-order valence-electron chi connectivity index (χ4n) is 2.08. The van der Waals surface area contributed by atoms with Gasteiger partial charge in [-0.2, -0.15) is 0 Å². The van der Waals surface area contributed by atoms with Crippen LogP contribution in [0.15, 0.2) is 54.6 Å². The molecule has 0 N–H and O–H groups in total. The van der Waals surface area contributed by atoms with E-state index in [4.69, 9.17) is 4.74 Å². The summed E-state index contributed by atoms with van der Waals surface area (Å²) >= 11 is 0. The highest BCUT2D eigenvalue weighted by Gasteiger charge is 2.11. The molecule has 19 heavy (non-hydrogen) atoms. The van der Waals surface area contributed by atoms with E-state index in [2.05, 4.69) is 19.1 Å². The first-order valence-corrected chi connectivity index (χ1v) is 6.71. The topological polar surface area (TPSA) is 9.23 Å². The number of halogens is 1. The third-order valence-electron chi connectivity index (χ3n) is 3.12. The standard InChI is InChI=1S/C17H19FO/c1-2-8-17(14-9-4-3-5-10-14)19-13-15-11-6-7-12-16(15)18/h3-7,9-12,17H,2,8,13H2,1H3. The normalized spacial score (nSPS) is 12.3. The molecule has 2 rings (SSSR count). The SMILES string of the molecule is CCCC(OCc1ccccc1F)c1ccccc1. The summed E-state index contributed by atoms with van der Waals surface area (Å²) in [5.74, 6) is -0.203. The number of rotatable bonds is 6. The molecule has 2 aromatic carbocycles. The predicted octanol–water partition coefficient (Wildman–Crippen LogP) is 4.88. The van der Waals surface area contributed by atoms with Gasteiger partial charge in [0.1, 0.15) is 5.82 Å². The van der Waals surface area contributed by atoms with E-state index < -0.39 is 0 Å². The molecule has 0 amide bonds. The first-order chi connectivity index (χ1) is 9.31. The van der Waals surface area contributed by atoms with Crippen molar-refractivity contribution in [3.8, 4) is 0 Å². The Labute approximate surface area is 114 Å². The lowest BCUT2D eigenvalue weighted by molar-refractivity contribution is 0.0319. The lowest BCUT2D eigenvalue weighted by Crippen LogP contribution is -2.05. The van der Waals surface area contributed by atoms with E-state index in [1.807, 2.05) is 24.3 Å². The summed E-state index contributed by atoms with van der Waals surface area (Å²) in [7, 11) is 0. The van der Waals surface area contributed by atoms with Crippen LogP contribution in [0.4, 0.5) is 4.39 Å². The second-order valence-corrected chi connectivity index (χ2v) is 4.59. The summed E-state index contributed by atoms with van der Waals surface area (Å²) in [5.41, 5.74) is 1.76. The average molecular weight is 258 g/mol. The van der Waals surface area contributed by atoms with Gasteiger partial charge in [-0.3, -0.25) is 0 Å². The third-order valence-corrected chi connectivity index (χ3v) is 3.12. The molecule has 2 heteroatoms. The van der Waals surface area contributed by atoms with Crippen LogP contribution in [0.25, 0.3) is 0 Å². The minimum atomic E-state index is -0.203. The second kappa shape index (κ2) is 7.05. The first-order valence-electron chi connectivity index (χ1n) is 6.71. The number of benzene rings is 2. The van der Waals surface area contributed by atoms with Gasteiger partial charge in [-0.05, 0) is 18.1 Å². The van der Waals surface area contributed by atoms with E-state index in [0.29, 0.717) is 12.2 Å². The summed E-state index contributed by atoms with van der Waals surface area (Å²) in [6.07, 6.45) is 2.01. The molecule has 0 saturated carbocycles. The molecule has 0 aliphatic heterocycles. The molecule has 0 aliphatic carbocycles. The van der Waals surface area contributed by atoms with Crippen LogP contribution in [0.3, 0.4) is 0 Å². The Hall–Kier alpha value is -1.67. The molecule has 0 saturated heterocycles. The summed E-state index contributed by atoms with van der Waals surface area (Å²) in [5, 5.41) is 0. The molecule has 1 atom stereocenters. The third kappa shape index (κ3) is 3.90. The van der Waals surface area contributed by atoms with E-state index in [0.717, 1.165) is 18.4 Å². The Morgan fingerprint density at radius 2 is 1.68 bits per heavy atom. The highest BCUT2D eigenvalue weighted by molar-refractivity contribution is 5.19. The summed E-state index contributed by atoms with van der Waals surface area (Å²) in [4.78, 5) is 0. The molecule has 0 bridgehead atoms. The van der Waals surface area contributed by atoms with Crippen molar-refractivity contribution in [2.24, 2.45) is 0 Å². The van der Waals surface area contributed by atoms with Gasteiger partial charge < -0.3 is 4.74 Å². The van der Waals surface area contributed by atoms with Gasteiger partial charge in [-0.25, -0.2) is 4.39 Å². The number of ether oxygens (including phenoxy) is 1. The lowest BCUT2D eigenvalue weighted by atomic mass is 10.1. The fourth-order valence-corrected chi connectivity index (χ4v) is 2.08. The van der Waals surface area contributed by atoms with E-state index in [1.54, 1.807) is 12.1 Å². The van der Waals surface area contributed by atoms with Crippen molar-refractivity contribution in [1.82, 2.24) is 0 Å².